The van der Waals surface area contributed by atoms with Crippen LogP contribution in [-0.4, -0.2) is 93.1 Å². The molecule has 0 N–H and O–H groups in total. The molecule has 8 nitrogen and oxygen atoms in total. The van der Waals surface area contributed by atoms with Gasteiger partial charge in [0.25, 0.3) is 0 Å². The number of rotatable bonds is 4. The third-order valence-electron chi connectivity index (χ3n) is 5.69. The van der Waals surface area contributed by atoms with E-state index in [1.54, 1.807) is 16.9 Å². The SMILES string of the molecule is COCCN1C[C@]23C=C[C@H](O2)[C@@H](C(=O)N2CCS(=O)(=O)CC2)[C@H]3C1=O. The Morgan fingerprint density at radius 2 is 2.12 bits per heavy atom. The summed E-state index contributed by atoms with van der Waals surface area (Å²) < 4.78 is 34.3. The zero-order valence-electron chi connectivity index (χ0n) is 14.1. The molecule has 0 aromatic carbocycles. The number of carbonyl (C=O) groups excluding carboxylic acids is 2. The van der Waals surface area contributed by atoms with Gasteiger partial charge in [0.1, 0.15) is 5.60 Å². The number of carbonyl (C=O) groups is 2. The van der Waals surface area contributed by atoms with Gasteiger partial charge in [-0.3, -0.25) is 9.59 Å². The largest absolute Gasteiger partial charge is 0.383 e. The Hall–Kier alpha value is -1.45. The standard InChI is InChI=1S/C16H22N2O6S/c1-23-7-4-18-10-16-3-2-11(24-16)12(13(16)15(18)20)14(19)17-5-8-25(21,22)9-6-17/h2-3,11-13H,4-10H2,1H3/t11-,12+,13-,16-/m0/s1. The van der Waals surface area contributed by atoms with Crippen molar-refractivity contribution in [3.8, 4) is 0 Å². The van der Waals surface area contributed by atoms with Crippen LogP contribution in [0.1, 0.15) is 0 Å². The predicted octanol–water partition coefficient (Wildman–Crippen LogP) is -1.33. The molecule has 0 aromatic rings. The summed E-state index contributed by atoms with van der Waals surface area (Å²) >= 11 is 0. The average molecular weight is 370 g/mol. The van der Waals surface area contributed by atoms with E-state index in [1.807, 2.05) is 12.2 Å². The topological polar surface area (TPSA) is 93.2 Å². The molecule has 4 rings (SSSR count). The molecule has 138 valence electrons. The molecule has 3 fully saturated rings. The summed E-state index contributed by atoms with van der Waals surface area (Å²) in [5.41, 5.74) is -0.725. The van der Waals surface area contributed by atoms with Gasteiger partial charge in [-0.25, -0.2) is 8.42 Å². The predicted molar refractivity (Wildman–Crippen MR) is 87.4 cm³/mol. The van der Waals surface area contributed by atoms with Crippen LogP contribution in [0.15, 0.2) is 12.2 Å². The van der Waals surface area contributed by atoms with Crippen LogP contribution in [0.2, 0.25) is 0 Å². The van der Waals surface area contributed by atoms with Crippen molar-refractivity contribution in [2.75, 3.05) is 51.4 Å². The van der Waals surface area contributed by atoms with Gasteiger partial charge >= 0.3 is 0 Å². The van der Waals surface area contributed by atoms with Crippen LogP contribution < -0.4 is 0 Å². The van der Waals surface area contributed by atoms with E-state index in [4.69, 9.17) is 9.47 Å². The van der Waals surface area contributed by atoms with Crippen LogP contribution in [-0.2, 0) is 28.9 Å². The molecular formula is C16H22N2O6S. The molecule has 9 heteroatoms. The zero-order valence-corrected chi connectivity index (χ0v) is 14.9. The van der Waals surface area contributed by atoms with Crippen LogP contribution in [0, 0.1) is 11.8 Å². The highest BCUT2D eigenvalue weighted by molar-refractivity contribution is 7.91. The maximum Gasteiger partial charge on any atom is 0.230 e. The maximum atomic E-state index is 13.0. The monoisotopic (exact) mass is 370 g/mol. The Kier molecular flexibility index (Phi) is 3.93. The van der Waals surface area contributed by atoms with E-state index < -0.39 is 33.4 Å². The number of ether oxygens (including phenoxy) is 2. The van der Waals surface area contributed by atoms with Gasteiger partial charge in [0.2, 0.25) is 11.8 Å². The van der Waals surface area contributed by atoms with Crippen molar-refractivity contribution < 1.29 is 27.5 Å². The molecule has 4 heterocycles. The molecule has 4 aliphatic heterocycles. The summed E-state index contributed by atoms with van der Waals surface area (Å²) in [4.78, 5) is 29.2. The van der Waals surface area contributed by atoms with E-state index in [9.17, 15) is 18.0 Å². The quantitative estimate of drug-likeness (QED) is 0.570. The summed E-state index contributed by atoms with van der Waals surface area (Å²) in [7, 11) is -1.48. The third-order valence-corrected chi connectivity index (χ3v) is 7.29. The lowest BCUT2D eigenvalue weighted by atomic mass is 9.76. The van der Waals surface area contributed by atoms with Gasteiger partial charge in [0, 0.05) is 26.7 Å². The molecule has 0 aromatic heterocycles. The van der Waals surface area contributed by atoms with Crippen LogP contribution in [0.4, 0.5) is 0 Å². The van der Waals surface area contributed by atoms with Crippen molar-refractivity contribution in [3.63, 3.8) is 0 Å². The maximum absolute atomic E-state index is 13.0. The molecule has 2 bridgehead atoms. The molecule has 2 amide bonds. The van der Waals surface area contributed by atoms with Crippen molar-refractivity contribution in [3.05, 3.63) is 12.2 Å². The molecular weight excluding hydrogens is 348 g/mol. The number of fused-ring (bicyclic) bond motifs is 1. The van der Waals surface area contributed by atoms with E-state index in [-0.39, 0.29) is 36.4 Å². The summed E-state index contributed by atoms with van der Waals surface area (Å²) in [6, 6.07) is 0. The van der Waals surface area contributed by atoms with E-state index in [1.165, 1.54) is 0 Å². The van der Waals surface area contributed by atoms with Crippen molar-refractivity contribution in [1.29, 1.82) is 0 Å². The highest BCUT2D eigenvalue weighted by Gasteiger charge is 2.67. The van der Waals surface area contributed by atoms with Gasteiger partial charge in [0.15, 0.2) is 9.84 Å². The highest BCUT2D eigenvalue weighted by atomic mass is 32.2. The molecule has 0 aliphatic carbocycles. The van der Waals surface area contributed by atoms with Crippen LogP contribution in [0.25, 0.3) is 0 Å². The number of sulfone groups is 1. The number of hydrogen-bond donors (Lipinski definition) is 0. The Balaban J connectivity index is 1.54. The van der Waals surface area contributed by atoms with Gasteiger partial charge in [-0.1, -0.05) is 12.2 Å². The lowest BCUT2D eigenvalue weighted by Crippen LogP contribution is -2.50. The normalized spacial score (nSPS) is 38.4. The Bertz CT molecular complexity index is 721. The summed E-state index contributed by atoms with van der Waals surface area (Å²) in [6.07, 6.45) is 3.38. The minimum absolute atomic E-state index is 0.0173. The fraction of sp³-hybridized carbons (Fsp3) is 0.750. The van der Waals surface area contributed by atoms with Gasteiger partial charge in [0.05, 0.1) is 42.6 Å². The fourth-order valence-electron chi connectivity index (χ4n) is 4.39. The van der Waals surface area contributed by atoms with Crippen molar-refractivity contribution in [2.45, 2.75) is 11.7 Å². The average Bonchev–Trinajstić information content (AvgIpc) is 3.21. The Morgan fingerprint density at radius 1 is 1.40 bits per heavy atom. The van der Waals surface area contributed by atoms with Crippen molar-refractivity contribution in [2.24, 2.45) is 11.8 Å². The number of likely N-dealkylation sites (tertiary alicyclic amines) is 1. The van der Waals surface area contributed by atoms with E-state index in [0.29, 0.717) is 19.7 Å². The molecule has 4 aliphatic rings. The number of hydrogen-bond acceptors (Lipinski definition) is 6. The first-order valence-corrected chi connectivity index (χ1v) is 10.3. The fourth-order valence-corrected chi connectivity index (χ4v) is 5.60. The third kappa shape index (κ3) is 2.60. The second-order valence-corrected chi connectivity index (χ2v) is 9.43. The first-order valence-electron chi connectivity index (χ1n) is 8.51. The number of methoxy groups -OCH3 is 1. The second-order valence-electron chi connectivity index (χ2n) is 7.13. The minimum atomic E-state index is -3.06. The smallest absolute Gasteiger partial charge is 0.230 e. The van der Waals surface area contributed by atoms with Crippen LogP contribution >= 0.6 is 0 Å². The van der Waals surface area contributed by atoms with Crippen LogP contribution in [0.3, 0.4) is 0 Å². The van der Waals surface area contributed by atoms with Crippen molar-refractivity contribution >= 4 is 21.7 Å². The minimum Gasteiger partial charge on any atom is -0.383 e. The molecule has 25 heavy (non-hydrogen) atoms. The van der Waals surface area contributed by atoms with Gasteiger partial charge in [-0.15, -0.1) is 0 Å². The molecule has 0 radical (unpaired) electrons. The molecule has 4 atom stereocenters. The lowest BCUT2D eigenvalue weighted by molar-refractivity contribution is -0.143. The number of nitrogens with zero attached hydrogens (tertiary/aromatic N) is 2. The molecule has 1 spiro atoms. The summed E-state index contributed by atoms with van der Waals surface area (Å²) in [6.45, 7) is 1.72. The molecule has 0 unspecified atom stereocenters. The van der Waals surface area contributed by atoms with E-state index >= 15 is 0 Å². The van der Waals surface area contributed by atoms with Crippen molar-refractivity contribution in [1.82, 2.24) is 9.80 Å². The highest BCUT2D eigenvalue weighted by Crippen LogP contribution is 2.52. The Labute approximate surface area is 146 Å². The molecule has 3 saturated heterocycles. The van der Waals surface area contributed by atoms with E-state index in [2.05, 4.69) is 0 Å². The number of amides is 2. The second kappa shape index (κ2) is 5.78. The lowest BCUT2D eigenvalue weighted by Gasteiger charge is -2.32. The van der Waals surface area contributed by atoms with E-state index in [0.717, 1.165) is 0 Å². The Morgan fingerprint density at radius 3 is 2.80 bits per heavy atom. The van der Waals surface area contributed by atoms with Gasteiger partial charge in [-0.2, -0.15) is 0 Å². The summed E-state index contributed by atoms with van der Waals surface area (Å²) in [5, 5.41) is 0. The van der Waals surface area contributed by atoms with Gasteiger partial charge in [-0.05, 0) is 0 Å². The summed E-state index contributed by atoms with van der Waals surface area (Å²) in [5.74, 6) is -1.37. The first kappa shape index (κ1) is 17.0. The first-order chi connectivity index (χ1) is 11.9. The molecule has 0 saturated carbocycles. The van der Waals surface area contributed by atoms with Crippen LogP contribution in [0.5, 0.6) is 0 Å². The van der Waals surface area contributed by atoms with Gasteiger partial charge < -0.3 is 19.3 Å². The zero-order chi connectivity index (χ0) is 17.8.